The number of rotatable bonds is 3. The van der Waals surface area contributed by atoms with Crippen LogP contribution >= 0.6 is 0 Å². The number of fused-ring (bicyclic) bond motifs is 1. The van der Waals surface area contributed by atoms with Crippen molar-refractivity contribution in [3.63, 3.8) is 0 Å². The Bertz CT molecular complexity index is 1040. The van der Waals surface area contributed by atoms with Gasteiger partial charge in [-0.05, 0) is 49.4 Å². The van der Waals surface area contributed by atoms with E-state index < -0.39 is 5.91 Å². The lowest BCUT2D eigenvalue weighted by Gasteiger charge is -2.26. The van der Waals surface area contributed by atoms with Crippen molar-refractivity contribution in [3.8, 4) is 5.69 Å². The van der Waals surface area contributed by atoms with Gasteiger partial charge in [-0.2, -0.15) is 5.10 Å². The Kier molecular flexibility index (Phi) is 4.59. The molecule has 0 spiro atoms. The molecule has 0 saturated carbocycles. The SMILES string of the molecule is Cc1cc(=O)c(C(=O)NC2CCCc3ccccc32)nn1-c1ccccc1. The van der Waals surface area contributed by atoms with Crippen LogP contribution < -0.4 is 10.7 Å². The highest BCUT2D eigenvalue weighted by atomic mass is 16.2. The number of amides is 1. The van der Waals surface area contributed by atoms with Gasteiger partial charge in [0.2, 0.25) is 5.43 Å². The molecule has 1 amide bonds. The summed E-state index contributed by atoms with van der Waals surface area (Å²) in [5.41, 5.74) is 3.45. The van der Waals surface area contributed by atoms with Gasteiger partial charge in [0, 0.05) is 11.8 Å². The lowest BCUT2D eigenvalue weighted by atomic mass is 9.87. The van der Waals surface area contributed by atoms with E-state index >= 15 is 0 Å². The molecule has 27 heavy (non-hydrogen) atoms. The Balaban J connectivity index is 1.66. The summed E-state index contributed by atoms with van der Waals surface area (Å²) in [6.07, 6.45) is 2.89. The zero-order valence-electron chi connectivity index (χ0n) is 15.2. The van der Waals surface area contributed by atoms with Crippen LogP contribution in [0.2, 0.25) is 0 Å². The van der Waals surface area contributed by atoms with Crippen LogP contribution in [-0.4, -0.2) is 15.7 Å². The minimum Gasteiger partial charge on any atom is -0.344 e. The summed E-state index contributed by atoms with van der Waals surface area (Å²) in [5, 5.41) is 7.37. The molecule has 0 aliphatic heterocycles. The highest BCUT2D eigenvalue weighted by molar-refractivity contribution is 5.92. The Labute approximate surface area is 157 Å². The molecule has 1 heterocycles. The van der Waals surface area contributed by atoms with Gasteiger partial charge in [-0.25, -0.2) is 4.68 Å². The monoisotopic (exact) mass is 359 g/mol. The smallest absolute Gasteiger partial charge is 0.276 e. The van der Waals surface area contributed by atoms with E-state index in [1.165, 1.54) is 11.6 Å². The Morgan fingerprint density at radius 2 is 1.85 bits per heavy atom. The summed E-state index contributed by atoms with van der Waals surface area (Å²) in [7, 11) is 0. The summed E-state index contributed by atoms with van der Waals surface area (Å²) >= 11 is 0. The van der Waals surface area contributed by atoms with Crippen molar-refractivity contribution in [2.75, 3.05) is 0 Å². The second kappa shape index (κ2) is 7.19. The molecule has 4 rings (SSSR count). The molecule has 1 aromatic heterocycles. The third-order valence-corrected chi connectivity index (χ3v) is 5.00. The largest absolute Gasteiger partial charge is 0.344 e. The topological polar surface area (TPSA) is 64.0 Å². The quantitative estimate of drug-likeness (QED) is 0.780. The van der Waals surface area contributed by atoms with Gasteiger partial charge in [-0.1, -0.05) is 42.5 Å². The number of aryl methyl sites for hydroxylation is 2. The number of hydrogen-bond donors (Lipinski definition) is 1. The van der Waals surface area contributed by atoms with Crippen LogP contribution in [0.15, 0.2) is 65.5 Å². The van der Waals surface area contributed by atoms with Crippen molar-refractivity contribution in [2.45, 2.75) is 32.2 Å². The van der Waals surface area contributed by atoms with Gasteiger partial charge in [0.25, 0.3) is 5.91 Å². The normalized spacial score (nSPS) is 15.8. The fourth-order valence-corrected chi connectivity index (χ4v) is 3.67. The van der Waals surface area contributed by atoms with Crippen molar-refractivity contribution >= 4 is 5.91 Å². The molecule has 2 aromatic carbocycles. The lowest BCUT2D eigenvalue weighted by molar-refractivity contribution is 0.0924. The van der Waals surface area contributed by atoms with E-state index in [2.05, 4.69) is 16.5 Å². The molecular weight excluding hydrogens is 338 g/mol. The number of nitrogens with zero attached hydrogens (tertiary/aromatic N) is 2. The van der Waals surface area contributed by atoms with E-state index in [-0.39, 0.29) is 17.2 Å². The Hall–Kier alpha value is -3.21. The lowest BCUT2D eigenvalue weighted by Crippen LogP contribution is -2.35. The van der Waals surface area contributed by atoms with Gasteiger partial charge in [0.1, 0.15) is 0 Å². The first-order chi connectivity index (χ1) is 13.1. The summed E-state index contributed by atoms with van der Waals surface area (Å²) in [5.74, 6) is -0.425. The van der Waals surface area contributed by atoms with E-state index in [4.69, 9.17) is 0 Å². The van der Waals surface area contributed by atoms with Crippen LogP contribution in [0.4, 0.5) is 0 Å². The van der Waals surface area contributed by atoms with Crippen LogP contribution in [0.3, 0.4) is 0 Å². The number of benzene rings is 2. The molecule has 1 aliphatic rings. The van der Waals surface area contributed by atoms with E-state index in [0.29, 0.717) is 5.69 Å². The highest BCUT2D eigenvalue weighted by Crippen LogP contribution is 2.29. The van der Waals surface area contributed by atoms with E-state index in [9.17, 15) is 9.59 Å². The van der Waals surface area contributed by atoms with Crippen molar-refractivity contribution < 1.29 is 4.79 Å². The minimum atomic E-state index is -0.425. The molecule has 0 radical (unpaired) electrons. The first kappa shape index (κ1) is 17.2. The molecule has 1 N–H and O–H groups in total. The Morgan fingerprint density at radius 1 is 1.11 bits per heavy atom. The second-order valence-corrected chi connectivity index (χ2v) is 6.86. The molecule has 3 aromatic rings. The summed E-state index contributed by atoms with van der Waals surface area (Å²) < 4.78 is 1.63. The number of para-hydroxylation sites is 1. The van der Waals surface area contributed by atoms with E-state index in [1.54, 1.807) is 11.6 Å². The van der Waals surface area contributed by atoms with Gasteiger partial charge < -0.3 is 5.32 Å². The second-order valence-electron chi connectivity index (χ2n) is 6.86. The van der Waals surface area contributed by atoms with Crippen molar-refractivity contribution in [2.24, 2.45) is 0 Å². The van der Waals surface area contributed by atoms with Crippen molar-refractivity contribution in [1.29, 1.82) is 0 Å². The third kappa shape index (κ3) is 3.40. The zero-order valence-corrected chi connectivity index (χ0v) is 15.2. The average molecular weight is 359 g/mol. The van der Waals surface area contributed by atoms with E-state index in [0.717, 1.165) is 30.5 Å². The van der Waals surface area contributed by atoms with Crippen LogP contribution in [0.1, 0.15) is 46.2 Å². The maximum atomic E-state index is 12.9. The van der Waals surface area contributed by atoms with Gasteiger partial charge in [-0.3, -0.25) is 9.59 Å². The molecule has 136 valence electrons. The fourth-order valence-electron chi connectivity index (χ4n) is 3.67. The third-order valence-electron chi connectivity index (χ3n) is 5.00. The summed E-state index contributed by atoms with van der Waals surface area (Å²) in [4.78, 5) is 25.3. The molecule has 1 aliphatic carbocycles. The van der Waals surface area contributed by atoms with Gasteiger partial charge >= 0.3 is 0 Å². The first-order valence-corrected chi connectivity index (χ1v) is 9.18. The number of aromatic nitrogens is 2. The average Bonchev–Trinajstić information content (AvgIpc) is 2.69. The molecule has 0 bridgehead atoms. The number of carbonyl (C=O) groups excluding carboxylic acids is 1. The number of hydrogen-bond acceptors (Lipinski definition) is 3. The summed E-state index contributed by atoms with van der Waals surface area (Å²) in [6, 6.07) is 19.0. The molecule has 1 unspecified atom stereocenters. The molecular formula is C22H21N3O2. The predicted molar refractivity (Wildman–Crippen MR) is 104 cm³/mol. The predicted octanol–water partition coefficient (Wildman–Crippen LogP) is 3.35. The maximum Gasteiger partial charge on any atom is 0.276 e. The first-order valence-electron chi connectivity index (χ1n) is 9.18. The molecule has 0 fully saturated rings. The van der Waals surface area contributed by atoms with Crippen LogP contribution in [0, 0.1) is 6.92 Å². The van der Waals surface area contributed by atoms with Crippen LogP contribution in [-0.2, 0) is 6.42 Å². The standard InChI is InChI=1S/C22H21N3O2/c1-15-14-20(26)21(24-25(15)17-10-3-2-4-11-17)22(27)23-19-13-7-9-16-8-5-6-12-18(16)19/h2-6,8,10-12,14,19H,7,9,13H2,1H3,(H,23,27). The molecule has 5 heteroatoms. The minimum absolute atomic E-state index is 0.0764. The highest BCUT2D eigenvalue weighted by Gasteiger charge is 2.24. The van der Waals surface area contributed by atoms with Crippen molar-refractivity contribution in [1.82, 2.24) is 15.1 Å². The maximum absolute atomic E-state index is 12.9. The fraction of sp³-hybridized carbons (Fsp3) is 0.227. The summed E-state index contributed by atoms with van der Waals surface area (Å²) in [6.45, 7) is 1.81. The molecule has 1 atom stereocenters. The molecule has 0 saturated heterocycles. The van der Waals surface area contributed by atoms with Crippen LogP contribution in [0.5, 0.6) is 0 Å². The number of carbonyl (C=O) groups is 1. The van der Waals surface area contributed by atoms with Crippen molar-refractivity contribution in [3.05, 3.63) is 93.4 Å². The van der Waals surface area contributed by atoms with E-state index in [1.807, 2.05) is 48.5 Å². The number of nitrogens with one attached hydrogen (secondary N) is 1. The molecule has 5 nitrogen and oxygen atoms in total. The van der Waals surface area contributed by atoms with Crippen LogP contribution in [0.25, 0.3) is 5.69 Å². The van der Waals surface area contributed by atoms with Gasteiger partial charge in [0.05, 0.1) is 11.7 Å². The van der Waals surface area contributed by atoms with Gasteiger partial charge in [-0.15, -0.1) is 0 Å². The van der Waals surface area contributed by atoms with Gasteiger partial charge in [0.15, 0.2) is 5.69 Å². The zero-order chi connectivity index (χ0) is 18.8. The Morgan fingerprint density at radius 3 is 2.67 bits per heavy atom.